The second kappa shape index (κ2) is 7.63. The van der Waals surface area contributed by atoms with Crippen LogP contribution in [0.5, 0.6) is 0 Å². The predicted molar refractivity (Wildman–Crippen MR) is 104 cm³/mol. The molecule has 0 fully saturated rings. The minimum absolute atomic E-state index is 0.356. The molecule has 0 amide bonds. The van der Waals surface area contributed by atoms with Crippen molar-refractivity contribution in [2.75, 3.05) is 28.2 Å². The lowest BCUT2D eigenvalue weighted by Gasteiger charge is -2.44. The lowest BCUT2D eigenvalue weighted by atomic mass is 10.2. The van der Waals surface area contributed by atoms with Gasteiger partial charge in [0, 0.05) is 13.1 Å². The number of aliphatic hydroxyl groups is 1. The van der Waals surface area contributed by atoms with Crippen LogP contribution < -0.4 is 13.9 Å². The van der Waals surface area contributed by atoms with E-state index in [1.807, 2.05) is 61.5 Å². The molecule has 1 aliphatic rings. The predicted octanol–water partition coefficient (Wildman–Crippen LogP) is 3.59. The quantitative estimate of drug-likeness (QED) is 0.602. The molecule has 0 bridgehead atoms. The molecule has 1 atom stereocenters. The molecule has 2 aromatic rings. The van der Waals surface area contributed by atoms with Gasteiger partial charge >= 0.3 is 0 Å². The summed E-state index contributed by atoms with van der Waals surface area (Å²) in [6.07, 6.45) is -0.0899. The molecule has 6 nitrogen and oxygen atoms in total. The summed E-state index contributed by atoms with van der Waals surface area (Å²) in [7, 11) is -3.22. The van der Waals surface area contributed by atoms with Crippen molar-refractivity contribution in [1.29, 1.82) is 0 Å². The third-order valence-corrected chi connectivity index (χ3v) is 6.06. The van der Waals surface area contributed by atoms with E-state index in [0.717, 1.165) is 23.6 Å². The Morgan fingerprint density at radius 3 is 2.32 bits per heavy atom. The average molecular weight is 363 g/mol. The number of hydrogen-bond donors (Lipinski definition) is 4. The molecule has 0 radical (unpaired) electrons. The zero-order valence-electron chi connectivity index (χ0n) is 14.2. The average Bonchev–Trinajstić information content (AvgIpc) is 2.84. The van der Waals surface area contributed by atoms with Crippen LogP contribution >= 0.6 is 11.0 Å². The normalized spacial score (nSPS) is 18.1. The van der Waals surface area contributed by atoms with Gasteiger partial charge in [-0.1, -0.05) is 37.3 Å². The van der Waals surface area contributed by atoms with Gasteiger partial charge in [0.15, 0.2) is 0 Å². The third kappa shape index (κ3) is 3.61. The maximum absolute atomic E-state index is 11.0. The van der Waals surface area contributed by atoms with Crippen molar-refractivity contribution >= 4 is 28.0 Å². The Morgan fingerprint density at radius 1 is 1.00 bits per heavy atom. The van der Waals surface area contributed by atoms with Crippen molar-refractivity contribution in [3.63, 3.8) is 0 Å². The molecule has 0 aliphatic carbocycles. The Labute approximate surface area is 150 Å². The van der Waals surface area contributed by atoms with Crippen molar-refractivity contribution in [1.82, 2.24) is 5.32 Å². The van der Waals surface area contributed by atoms with Crippen LogP contribution in [0.2, 0.25) is 0 Å². The van der Waals surface area contributed by atoms with Gasteiger partial charge in [0.05, 0.1) is 23.2 Å². The number of para-hydroxylation sites is 3. The highest BCUT2D eigenvalue weighted by Crippen LogP contribution is 2.63. The Morgan fingerprint density at radius 2 is 1.64 bits per heavy atom. The maximum atomic E-state index is 11.0. The summed E-state index contributed by atoms with van der Waals surface area (Å²) < 4.78 is 25.1. The van der Waals surface area contributed by atoms with Crippen molar-refractivity contribution < 1.29 is 14.2 Å². The maximum Gasteiger partial charge on any atom is 0.0896 e. The number of nitrogens with one attached hydrogen (secondary N) is 1. The van der Waals surface area contributed by atoms with Gasteiger partial charge < -0.3 is 10.4 Å². The summed E-state index contributed by atoms with van der Waals surface area (Å²) in [5.74, 6) is 0. The van der Waals surface area contributed by atoms with Crippen LogP contribution in [0.3, 0.4) is 0 Å². The van der Waals surface area contributed by atoms with Crippen LogP contribution in [0, 0.1) is 0 Å². The number of likely N-dealkylation sites (N-methyl/N-ethyl adjacent to an activating group) is 1. The molecule has 0 spiro atoms. The third-order valence-electron chi connectivity index (χ3n) is 4.20. The van der Waals surface area contributed by atoms with E-state index in [-0.39, 0.29) is 0 Å². The largest absolute Gasteiger partial charge is 0.392 e. The minimum atomic E-state index is -3.22. The van der Waals surface area contributed by atoms with Crippen molar-refractivity contribution in [2.24, 2.45) is 0 Å². The van der Waals surface area contributed by atoms with Crippen molar-refractivity contribution in [3.05, 3.63) is 54.6 Å². The number of hydrogen-bond acceptors (Lipinski definition) is 6. The standard InChI is InChI=1S/C18H25N3O3S/c1-2-19-14-16(22)12-13-20-17-10-6-7-11-18(17)21(25(20,23)24)15-8-4-3-5-9-15/h3-11,16,19,22-24H,2,12-14H2,1H3. The molecule has 0 aromatic heterocycles. The molecular weight excluding hydrogens is 338 g/mol. The summed E-state index contributed by atoms with van der Waals surface area (Å²) in [6, 6.07) is 16.9. The summed E-state index contributed by atoms with van der Waals surface area (Å²) in [5.41, 5.74) is 2.25. The summed E-state index contributed by atoms with van der Waals surface area (Å²) in [6.45, 7) is 3.63. The number of benzene rings is 2. The smallest absolute Gasteiger partial charge is 0.0896 e. The molecule has 0 saturated heterocycles. The summed E-state index contributed by atoms with van der Waals surface area (Å²) >= 11 is 0. The molecule has 4 N–H and O–H groups in total. The Balaban J connectivity index is 1.87. The topological polar surface area (TPSA) is 79.2 Å². The van der Waals surface area contributed by atoms with E-state index >= 15 is 0 Å². The van der Waals surface area contributed by atoms with E-state index in [2.05, 4.69) is 5.32 Å². The van der Waals surface area contributed by atoms with E-state index in [0.29, 0.717) is 19.5 Å². The van der Waals surface area contributed by atoms with Gasteiger partial charge in [-0.25, -0.2) is 4.31 Å². The van der Waals surface area contributed by atoms with Gasteiger partial charge in [-0.05, 0) is 48.2 Å². The van der Waals surface area contributed by atoms with Gasteiger partial charge in [0.1, 0.15) is 0 Å². The highest BCUT2D eigenvalue weighted by molar-refractivity contribution is 8.27. The molecular formula is C18H25N3O3S. The van der Waals surface area contributed by atoms with Gasteiger partial charge in [-0.3, -0.25) is 13.4 Å². The Bertz CT molecular complexity index is 699. The molecule has 136 valence electrons. The first kappa shape index (κ1) is 18.0. The molecule has 0 saturated carbocycles. The molecule has 3 rings (SSSR count). The van der Waals surface area contributed by atoms with Crippen molar-refractivity contribution in [3.8, 4) is 0 Å². The first-order valence-electron chi connectivity index (χ1n) is 8.44. The van der Waals surface area contributed by atoms with E-state index in [9.17, 15) is 14.2 Å². The highest BCUT2D eigenvalue weighted by Gasteiger charge is 2.41. The monoisotopic (exact) mass is 363 g/mol. The van der Waals surface area contributed by atoms with Crippen LogP contribution in [0.15, 0.2) is 54.6 Å². The van der Waals surface area contributed by atoms with Gasteiger partial charge in [-0.15, -0.1) is 0 Å². The second-order valence-electron chi connectivity index (χ2n) is 5.96. The molecule has 1 heterocycles. The minimum Gasteiger partial charge on any atom is -0.392 e. The van der Waals surface area contributed by atoms with Gasteiger partial charge in [-0.2, -0.15) is 0 Å². The molecule has 2 aromatic carbocycles. The molecule has 25 heavy (non-hydrogen) atoms. The zero-order chi connectivity index (χ0) is 17.9. The van der Waals surface area contributed by atoms with Crippen LogP contribution in [-0.4, -0.2) is 40.0 Å². The number of anilines is 3. The molecule has 7 heteroatoms. The first-order chi connectivity index (χ1) is 12.1. The van der Waals surface area contributed by atoms with E-state index in [4.69, 9.17) is 0 Å². The molecule has 1 aliphatic heterocycles. The van der Waals surface area contributed by atoms with Crippen LogP contribution in [0.4, 0.5) is 17.1 Å². The van der Waals surface area contributed by atoms with Gasteiger partial charge in [0.2, 0.25) is 0 Å². The van der Waals surface area contributed by atoms with Crippen LogP contribution in [0.1, 0.15) is 13.3 Å². The summed E-state index contributed by atoms with van der Waals surface area (Å²) in [4.78, 5) is 0. The van der Waals surface area contributed by atoms with E-state index < -0.39 is 17.1 Å². The highest BCUT2D eigenvalue weighted by atomic mass is 32.3. The fraction of sp³-hybridized carbons (Fsp3) is 0.333. The Hall–Kier alpha value is -1.77. The number of aliphatic hydroxyl groups excluding tert-OH is 1. The van der Waals surface area contributed by atoms with Crippen molar-refractivity contribution in [2.45, 2.75) is 19.4 Å². The fourth-order valence-electron chi connectivity index (χ4n) is 2.98. The first-order valence-corrected chi connectivity index (χ1v) is 9.90. The van der Waals surface area contributed by atoms with Gasteiger partial charge in [0.25, 0.3) is 0 Å². The lowest BCUT2D eigenvalue weighted by Crippen LogP contribution is -2.35. The van der Waals surface area contributed by atoms with Crippen LogP contribution in [0.25, 0.3) is 0 Å². The SMILES string of the molecule is CCNCC(O)CCN1c2ccccc2N(c2ccccc2)S1(O)O. The Kier molecular flexibility index (Phi) is 5.51. The van der Waals surface area contributed by atoms with E-state index in [1.54, 1.807) is 8.61 Å². The zero-order valence-corrected chi connectivity index (χ0v) is 15.1. The lowest BCUT2D eigenvalue weighted by molar-refractivity contribution is 0.165. The summed E-state index contributed by atoms with van der Waals surface area (Å²) in [5, 5.41) is 13.2. The number of fused-ring (bicyclic) bond motifs is 1. The second-order valence-corrected chi connectivity index (χ2v) is 7.75. The number of rotatable bonds is 7. The number of nitrogens with zero attached hydrogens (tertiary/aromatic N) is 2. The van der Waals surface area contributed by atoms with E-state index in [1.165, 1.54) is 0 Å². The molecule has 1 unspecified atom stereocenters. The van der Waals surface area contributed by atoms with Crippen LogP contribution in [-0.2, 0) is 0 Å². The fourth-order valence-corrected chi connectivity index (χ4v) is 4.76.